The summed E-state index contributed by atoms with van der Waals surface area (Å²) in [7, 11) is 0. The summed E-state index contributed by atoms with van der Waals surface area (Å²) in [5.41, 5.74) is 4.96. The first-order valence-electron chi connectivity index (χ1n) is 12.3. The molecule has 3 saturated carbocycles. The Bertz CT molecular complexity index is 985. The van der Waals surface area contributed by atoms with Crippen LogP contribution in [0.3, 0.4) is 0 Å². The summed E-state index contributed by atoms with van der Waals surface area (Å²) in [6.45, 7) is 12.5. The van der Waals surface area contributed by atoms with E-state index in [1.807, 2.05) is 13.0 Å². The average Bonchev–Trinajstić information content (AvgIpc) is 3.16. The topological polar surface area (TPSA) is 103 Å². The Morgan fingerprint density at radius 1 is 1.35 bits per heavy atom. The zero-order chi connectivity index (χ0) is 24.9. The van der Waals surface area contributed by atoms with Crippen molar-refractivity contribution in [3.05, 3.63) is 31.1 Å². The Hall–Kier alpha value is -1.86. The van der Waals surface area contributed by atoms with Gasteiger partial charge >= 0.3 is 5.97 Å². The number of aliphatic hydroxyl groups is 1. The number of hydrogen-bond acceptors (Lipinski definition) is 7. The minimum atomic E-state index is -0.662. The third kappa shape index (κ3) is 3.89. The van der Waals surface area contributed by atoms with E-state index in [4.69, 9.17) is 10.5 Å². The number of carbonyl (C=O) groups excluding carboxylic acids is 2. The van der Waals surface area contributed by atoms with E-state index in [-0.39, 0.29) is 40.7 Å². The maximum absolute atomic E-state index is 13.4. The fraction of sp³-hybridized carbons (Fsp3) is 0.667. The van der Waals surface area contributed by atoms with Crippen molar-refractivity contribution in [3.8, 4) is 0 Å². The number of aliphatic hydroxyl groups excluding tert-OH is 1. The van der Waals surface area contributed by atoms with Gasteiger partial charge in [-0.3, -0.25) is 14.6 Å². The van der Waals surface area contributed by atoms with Crippen LogP contribution < -0.4 is 5.73 Å². The number of nitrogens with two attached hydrogens (primary N) is 1. The quantitative estimate of drug-likeness (QED) is 0.354. The highest BCUT2D eigenvalue weighted by Crippen LogP contribution is 2.68. The fourth-order valence-electron chi connectivity index (χ4n) is 7.35. The molecular weight excluding hydrogens is 448 g/mol. The molecular formula is C27H38N2O4S. The van der Waals surface area contributed by atoms with Crippen molar-refractivity contribution in [1.82, 2.24) is 4.98 Å². The lowest BCUT2D eigenvalue weighted by Gasteiger charge is -2.61. The molecule has 186 valence electrons. The summed E-state index contributed by atoms with van der Waals surface area (Å²) < 4.78 is 6.25. The van der Waals surface area contributed by atoms with E-state index in [2.05, 4.69) is 32.3 Å². The molecule has 0 radical (unpaired) electrons. The zero-order valence-electron chi connectivity index (χ0n) is 20.8. The van der Waals surface area contributed by atoms with Gasteiger partial charge in [-0.1, -0.05) is 33.8 Å². The van der Waals surface area contributed by atoms with Crippen molar-refractivity contribution in [2.75, 3.05) is 11.5 Å². The predicted octanol–water partition coefficient (Wildman–Crippen LogP) is 4.66. The van der Waals surface area contributed by atoms with Crippen LogP contribution in [-0.4, -0.2) is 39.8 Å². The van der Waals surface area contributed by atoms with Crippen LogP contribution in [0, 0.1) is 34.0 Å². The van der Waals surface area contributed by atoms with Gasteiger partial charge in [-0.2, -0.15) is 0 Å². The predicted molar refractivity (Wildman–Crippen MR) is 134 cm³/mol. The van der Waals surface area contributed by atoms with Gasteiger partial charge in [0.2, 0.25) is 0 Å². The van der Waals surface area contributed by atoms with Crippen molar-refractivity contribution in [1.29, 1.82) is 0 Å². The minimum Gasteiger partial charge on any atom is -0.461 e. The van der Waals surface area contributed by atoms with Gasteiger partial charge in [-0.05, 0) is 49.0 Å². The number of Topliss-reactive ketones (excluding diaryl/α,β-unsaturated/α-hetero) is 1. The summed E-state index contributed by atoms with van der Waals surface area (Å²) in [4.78, 5) is 31.4. The van der Waals surface area contributed by atoms with Gasteiger partial charge in [0.15, 0.2) is 0 Å². The molecule has 3 aliphatic carbocycles. The van der Waals surface area contributed by atoms with Crippen molar-refractivity contribution in [2.24, 2.45) is 34.0 Å². The molecule has 1 aromatic rings. The van der Waals surface area contributed by atoms with E-state index < -0.39 is 23.0 Å². The largest absolute Gasteiger partial charge is 0.461 e. The van der Waals surface area contributed by atoms with E-state index in [0.29, 0.717) is 18.5 Å². The van der Waals surface area contributed by atoms with Gasteiger partial charge in [0.1, 0.15) is 11.9 Å². The Morgan fingerprint density at radius 2 is 2.09 bits per heavy atom. The lowest BCUT2D eigenvalue weighted by Crippen LogP contribution is -2.63. The molecule has 7 heteroatoms. The Kier molecular flexibility index (Phi) is 6.66. The second-order valence-corrected chi connectivity index (χ2v) is 12.4. The number of ether oxygens (including phenoxy) is 1. The SMILES string of the molecule is C=C[C@]1(C)C[C@@H](OC(=O)CSc2cncc(N)c2)[C@@]2(C)C3C(=O)CC[C@@]3(CC[C@H]2C)[C@@H](C)[C@@H]1O. The van der Waals surface area contributed by atoms with Crippen molar-refractivity contribution in [2.45, 2.75) is 76.9 Å². The zero-order valence-corrected chi connectivity index (χ0v) is 21.6. The third-order valence-corrected chi connectivity index (χ3v) is 10.6. The highest BCUT2D eigenvalue weighted by molar-refractivity contribution is 8.00. The van der Waals surface area contributed by atoms with Crippen LogP contribution in [0.1, 0.15) is 59.8 Å². The van der Waals surface area contributed by atoms with Crippen LogP contribution in [0.15, 0.2) is 36.0 Å². The number of esters is 1. The molecule has 0 spiro atoms. The Balaban J connectivity index is 1.68. The Morgan fingerprint density at radius 3 is 2.76 bits per heavy atom. The van der Waals surface area contributed by atoms with Crippen molar-refractivity contribution < 1.29 is 19.4 Å². The third-order valence-electron chi connectivity index (χ3n) is 9.67. The molecule has 3 fully saturated rings. The average molecular weight is 487 g/mol. The van der Waals surface area contributed by atoms with Crippen molar-refractivity contribution in [3.63, 3.8) is 0 Å². The number of hydrogen-bond donors (Lipinski definition) is 2. The molecule has 4 rings (SSSR count). The number of ketones is 1. The molecule has 0 aliphatic heterocycles. The molecule has 34 heavy (non-hydrogen) atoms. The highest BCUT2D eigenvalue weighted by atomic mass is 32.2. The summed E-state index contributed by atoms with van der Waals surface area (Å²) in [6, 6.07) is 1.78. The summed E-state index contributed by atoms with van der Waals surface area (Å²) in [5.74, 6) is 0.0132. The maximum atomic E-state index is 13.4. The van der Waals surface area contributed by atoms with Gasteiger partial charge in [0.05, 0.1) is 17.5 Å². The van der Waals surface area contributed by atoms with Crippen molar-refractivity contribution >= 4 is 29.2 Å². The Labute approximate surface area is 207 Å². The number of aromatic nitrogens is 1. The smallest absolute Gasteiger partial charge is 0.316 e. The maximum Gasteiger partial charge on any atom is 0.316 e. The molecule has 2 bridgehead atoms. The number of anilines is 1. The first-order valence-corrected chi connectivity index (χ1v) is 13.3. The van der Waals surface area contributed by atoms with Crippen LogP contribution in [0.2, 0.25) is 0 Å². The number of thioether (sulfide) groups is 1. The molecule has 6 nitrogen and oxygen atoms in total. The number of carbonyl (C=O) groups is 2. The van der Waals surface area contributed by atoms with E-state index >= 15 is 0 Å². The second-order valence-electron chi connectivity index (χ2n) is 11.3. The van der Waals surface area contributed by atoms with E-state index in [1.165, 1.54) is 11.8 Å². The first-order chi connectivity index (χ1) is 16.0. The number of rotatable bonds is 5. The summed E-state index contributed by atoms with van der Waals surface area (Å²) in [5, 5.41) is 11.6. The fourth-order valence-corrected chi connectivity index (χ4v) is 8.06. The molecule has 0 saturated heterocycles. The summed E-state index contributed by atoms with van der Waals surface area (Å²) in [6.07, 6.45) is 7.55. The molecule has 1 heterocycles. The molecule has 0 aromatic carbocycles. The van der Waals surface area contributed by atoms with E-state index in [1.54, 1.807) is 18.5 Å². The monoisotopic (exact) mass is 486 g/mol. The van der Waals surface area contributed by atoms with Gasteiger partial charge in [0, 0.05) is 40.5 Å². The lowest BCUT2D eigenvalue weighted by atomic mass is 9.44. The molecule has 0 amide bonds. The molecule has 3 N–H and O–H groups in total. The van der Waals surface area contributed by atoms with Crippen LogP contribution in [-0.2, 0) is 14.3 Å². The number of nitrogen functional groups attached to an aromatic ring is 1. The standard InChI is InChI=1S/C27H38N2O4S/c1-6-25(4)12-21(33-22(31)15-34-19-11-18(28)13-29-14-19)26(5)16(2)7-9-27(17(3)24(25)32)10-8-20(30)23(26)27/h6,11,13-14,16-17,21,23-24,32H,1,7-10,12,15,28H2,2-5H3/t16-,17+,21-,23?,24+,25-,26+,27+/m1/s1. The lowest BCUT2D eigenvalue weighted by molar-refractivity contribution is -0.205. The highest BCUT2D eigenvalue weighted by Gasteiger charge is 2.68. The van der Waals surface area contributed by atoms with Gasteiger partial charge < -0.3 is 15.6 Å². The molecule has 3 aliphatic rings. The second kappa shape index (κ2) is 8.98. The minimum absolute atomic E-state index is 0.0398. The van der Waals surface area contributed by atoms with Crippen LogP contribution in [0.25, 0.3) is 0 Å². The van der Waals surface area contributed by atoms with Crippen LogP contribution in [0.5, 0.6) is 0 Å². The van der Waals surface area contributed by atoms with Gasteiger partial charge in [0.25, 0.3) is 0 Å². The molecule has 1 aromatic heterocycles. The number of nitrogens with zero attached hydrogens (tertiary/aromatic N) is 1. The van der Waals surface area contributed by atoms with Gasteiger partial charge in [-0.25, -0.2) is 0 Å². The van der Waals surface area contributed by atoms with E-state index in [9.17, 15) is 14.7 Å². The van der Waals surface area contributed by atoms with Gasteiger partial charge in [-0.15, -0.1) is 18.3 Å². The summed E-state index contributed by atoms with van der Waals surface area (Å²) >= 11 is 1.34. The normalized spacial score (nSPS) is 41.8. The molecule has 1 unspecified atom stereocenters. The van der Waals surface area contributed by atoms with Crippen LogP contribution in [0.4, 0.5) is 5.69 Å². The first kappa shape index (κ1) is 25.2. The van der Waals surface area contributed by atoms with E-state index in [0.717, 1.165) is 24.2 Å². The van der Waals surface area contributed by atoms with Crippen LogP contribution >= 0.6 is 11.8 Å². The number of pyridine rings is 1. The molecule has 8 atom stereocenters.